The number of nitrogens with one attached hydrogen (secondary N) is 1. The number of anilines is 2. The van der Waals surface area contributed by atoms with Crippen molar-refractivity contribution in [1.29, 1.82) is 0 Å². The van der Waals surface area contributed by atoms with Gasteiger partial charge in [-0.1, -0.05) is 41.4 Å². The summed E-state index contributed by atoms with van der Waals surface area (Å²) in [6.45, 7) is 1.19. The molecule has 2 aromatic rings. The van der Waals surface area contributed by atoms with E-state index >= 15 is 0 Å². The van der Waals surface area contributed by atoms with E-state index in [0.717, 1.165) is 0 Å². The molecule has 1 aliphatic heterocycles. The number of ether oxygens (including phenoxy) is 1. The first-order valence-corrected chi connectivity index (χ1v) is 9.58. The number of hydrogen-bond donors (Lipinski definition) is 1. The van der Waals surface area contributed by atoms with Crippen molar-refractivity contribution in [2.45, 2.75) is 13.0 Å². The molecule has 1 heterocycles. The van der Waals surface area contributed by atoms with Gasteiger partial charge in [-0.3, -0.25) is 19.3 Å². The van der Waals surface area contributed by atoms with Gasteiger partial charge in [-0.05, 0) is 31.2 Å². The normalized spacial score (nSPS) is 15.4. The summed E-state index contributed by atoms with van der Waals surface area (Å²) in [7, 11) is 1.48. The van der Waals surface area contributed by atoms with Crippen molar-refractivity contribution in [3.05, 3.63) is 52.5 Å². The van der Waals surface area contributed by atoms with Gasteiger partial charge in [0.2, 0.25) is 11.8 Å². The average molecular weight is 436 g/mol. The standard InChI is InChI=1S/C20H19Cl2N3O4/c1-12-20(28)25(15-8-3-4-9-16(15)29-12)11-18(27)24(2)10-17(26)23-19-13(21)6-5-7-14(19)22/h3-9,12H,10-11H2,1-2H3,(H,23,26)/t12-/m1/s1. The third-order valence-electron chi connectivity index (χ3n) is 4.40. The van der Waals surface area contributed by atoms with Crippen LogP contribution in [0.4, 0.5) is 11.4 Å². The molecule has 0 bridgehead atoms. The fourth-order valence-corrected chi connectivity index (χ4v) is 3.37. The molecule has 152 valence electrons. The van der Waals surface area contributed by atoms with Gasteiger partial charge in [0.05, 0.1) is 28.0 Å². The van der Waals surface area contributed by atoms with Crippen LogP contribution in [0, 0.1) is 0 Å². The molecule has 0 aliphatic carbocycles. The number of nitrogens with zero attached hydrogens (tertiary/aromatic N) is 2. The third-order valence-corrected chi connectivity index (χ3v) is 5.03. The summed E-state index contributed by atoms with van der Waals surface area (Å²) in [5.74, 6) is -0.653. The highest BCUT2D eigenvalue weighted by Crippen LogP contribution is 2.33. The predicted octanol–water partition coefficient (Wildman–Crippen LogP) is 3.20. The average Bonchev–Trinajstić information content (AvgIpc) is 2.68. The highest BCUT2D eigenvalue weighted by molar-refractivity contribution is 6.39. The monoisotopic (exact) mass is 435 g/mol. The van der Waals surface area contributed by atoms with Crippen LogP contribution in [0.1, 0.15) is 6.92 Å². The van der Waals surface area contributed by atoms with Crippen LogP contribution in [0.15, 0.2) is 42.5 Å². The molecule has 3 rings (SSSR count). The van der Waals surface area contributed by atoms with E-state index in [4.69, 9.17) is 27.9 Å². The van der Waals surface area contributed by atoms with Crippen LogP contribution in [0.25, 0.3) is 0 Å². The number of para-hydroxylation sites is 3. The topological polar surface area (TPSA) is 79.0 Å². The molecule has 0 saturated heterocycles. The van der Waals surface area contributed by atoms with Crippen LogP contribution < -0.4 is 15.0 Å². The van der Waals surface area contributed by atoms with Crippen molar-refractivity contribution in [1.82, 2.24) is 4.90 Å². The van der Waals surface area contributed by atoms with E-state index < -0.39 is 17.9 Å². The van der Waals surface area contributed by atoms with Gasteiger partial charge >= 0.3 is 0 Å². The van der Waals surface area contributed by atoms with E-state index in [1.54, 1.807) is 49.4 Å². The van der Waals surface area contributed by atoms with E-state index in [9.17, 15) is 14.4 Å². The number of hydrogen-bond acceptors (Lipinski definition) is 4. The lowest BCUT2D eigenvalue weighted by Gasteiger charge is -2.33. The van der Waals surface area contributed by atoms with Gasteiger partial charge in [0.1, 0.15) is 12.3 Å². The van der Waals surface area contributed by atoms with Crippen LogP contribution in [-0.2, 0) is 14.4 Å². The lowest BCUT2D eigenvalue weighted by molar-refractivity contribution is -0.134. The van der Waals surface area contributed by atoms with Crippen LogP contribution in [0.2, 0.25) is 10.0 Å². The van der Waals surface area contributed by atoms with Gasteiger partial charge in [0.25, 0.3) is 5.91 Å². The third kappa shape index (κ3) is 4.63. The number of rotatable bonds is 5. The molecule has 0 spiro atoms. The first-order chi connectivity index (χ1) is 13.8. The molecule has 1 aliphatic rings. The molecule has 29 heavy (non-hydrogen) atoms. The zero-order chi connectivity index (χ0) is 21.1. The zero-order valence-electron chi connectivity index (χ0n) is 15.8. The van der Waals surface area contributed by atoms with Gasteiger partial charge in [-0.15, -0.1) is 0 Å². The fraction of sp³-hybridized carbons (Fsp3) is 0.250. The summed E-state index contributed by atoms with van der Waals surface area (Å²) in [4.78, 5) is 40.1. The first kappa shape index (κ1) is 21.0. The van der Waals surface area contributed by atoms with E-state index in [2.05, 4.69) is 5.32 Å². The Kier molecular flexibility index (Phi) is 6.30. The SMILES string of the molecule is C[C@H]1Oc2ccccc2N(CC(=O)N(C)CC(=O)Nc2c(Cl)cccc2Cl)C1=O. The predicted molar refractivity (Wildman–Crippen MR) is 112 cm³/mol. The molecule has 0 unspecified atom stereocenters. The summed E-state index contributed by atoms with van der Waals surface area (Å²) >= 11 is 12.1. The molecule has 0 saturated carbocycles. The summed E-state index contributed by atoms with van der Waals surface area (Å²) in [6.07, 6.45) is -0.700. The quantitative estimate of drug-likeness (QED) is 0.781. The molecule has 1 atom stereocenters. The summed E-state index contributed by atoms with van der Waals surface area (Å²) in [5.41, 5.74) is 0.803. The van der Waals surface area contributed by atoms with Crippen molar-refractivity contribution in [2.75, 3.05) is 30.4 Å². The van der Waals surface area contributed by atoms with Crippen molar-refractivity contribution in [3.63, 3.8) is 0 Å². The number of halogens is 2. The second kappa shape index (κ2) is 8.71. The minimum atomic E-state index is -0.700. The molecule has 9 heteroatoms. The van der Waals surface area contributed by atoms with Gasteiger partial charge in [-0.25, -0.2) is 0 Å². The minimum Gasteiger partial charge on any atom is -0.479 e. The second-order valence-corrected chi connectivity index (χ2v) is 7.36. The van der Waals surface area contributed by atoms with Crippen LogP contribution in [-0.4, -0.2) is 48.9 Å². The Morgan fingerprint density at radius 1 is 1.14 bits per heavy atom. The highest BCUT2D eigenvalue weighted by Gasteiger charge is 2.33. The Labute approximate surface area is 178 Å². The lowest BCUT2D eigenvalue weighted by Crippen LogP contribution is -2.49. The Balaban J connectivity index is 1.66. The van der Waals surface area contributed by atoms with Gasteiger partial charge in [0, 0.05) is 7.05 Å². The van der Waals surface area contributed by atoms with E-state index in [1.807, 2.05) is 0 Å². The molecular weight excluding hydrogens is 417 g/mol. The highest BCUT2D eigenvalue weighted by atomic mass is 35.5. The Hall–Kier alpha value is -2.77. The van der Waals surface area contributed by atoms with Gasteiger partial charge in [0.15, 0.2) is 6.10 Å². The number of amides is 3. The molecule has 3 amide bonds. The molecule has 2 aromatic carbocycles. The van der Waals surface area contributed by atoms with Crippen molar-refractivity contribution < 1.29 is 19.1 Å². The van der Waals surface area contributed by atoms with E-state index in [0.29, 0.717) is 21.5 Å². The van der Waals surface area contributed by atoms with E-state index in [1.165, 1.54) is 16.8 Å². The van der Waals surface area contributed by atoms with Crippen LogP contribution in [0.5, 0.6) is 5.75 Å². The maximum Gasteiger partial charge on any atom is 0.268 e. The zero-order valence-corrected chi connectivity index (χ0v) is 17.3. The molecular formula is C20H19Cl2N3O4. The Bertz CT molecular complexity index is 946. The molecule has 0 radical (unpaired) electrons. The number of benzene rings is 2. The lowest BCUT2D eigenvalue weighted by atomic mass is 10.2. The van der Waals surface area contributed by atoms with E-state index in [-0.39, 0.29) is 24.7 Å². The number of carbonyl (C=O) groups excluding carboxylic acids is 3. The molecule has 0 aromatic heterocycles. The largest absolute Gasteiger partial charge is 0.479 e. The Morgan fingerprint density at radius 3 is 2.48 bits per heavy atom. The molecule has 1 N–H and O–H groups in total. The smallest absolute Gasteiger partial charge is 0.268 e. The van der Waals surface area contributed by atoms with Gasteiger partial charge < -0.3 is 15.0 Å². The van der Waals surface area contributed by atoms with Crippen molar-refractivity contribution >= 4 is 52.3 Å². The fourth-order valence-electron chi connectivity index (χ4n) is 2.88. The summed E-state index contributed by atoms with van der Waals surface area (Å²) in [6, 6.07) is 11.8. The number of fused-ring (bicyclic) bond motifs is 1. The Morgan fingerprint density at radius 2 is 1.79 bits per heavy atom. The first-order valence-electron chi connectivity index (χ1n) is 8.83. The number of carbonyl (C=O) groups is 3. The molecule has 7 nitrogen and oxygen atoms in total. The maximum atomic E-state index is 12.7. The van der Waals surface area contributed by atoms with Crippen LogP contribution in [0.3, 0.4) is 0 Å². The minimum absolute atomic E-state index is 0.208. The van der Waals surface area contributed by atoms with Gasteiger partial charge in [-0.2, -0.15) is 0 Å². The van der Waals surface area contributed by atoms with Crippen molar-refractivity contribution in [2.24, 2.45) is 0 Å². The molecule has 0 fully saturated rings. The number of likely N-dealkylation sites (N-methyl/N-ethyl adjacent to an activating group) is 1. The summed E-state index contributed by atoms with van der Waals surface area (Å²) in [5, 5.41) is 3.19. The van der Waals surface area contributed by atoms with Crippen LogP contribution >= 0.6 is 23.2 Å². The summed E-state index contributed by atoms with van der Waals surface area (Å²) < 4.78 is 5.56. The second-order valence-electron chi connectivity index (χ2n) is 6.55. The maximum absolute atomic E-state index is 12.7. The van der Waals surface area contributed by atoms with Crippen molar-refractivity contribution in [3.8, 4) is 5.75 Å².